The smallest absolute Gasteiger partial charge is 0.317 e. The van der Waals surface area contributed by atoms with Crippen molar-refractivity contribution < 1.29 is 14.3 Å². The second-order valence-corrected chi connectivity index (χ2v) is 7.45. The van der Waals surface area contributed by atoms with Gasteiger partial charge < -0.3 is 9.52 Å². The van der Waals surface area contributed by atoms with E-state index in [1.54, 1.807) is 0 Å². The first-order chi connectivity index (χ1) is 12.1. The number of hydrogen-bond donors (Lipinski definition) is 1. The van der Waals surface area contributed by atoms with E-state index in [4.69, 9.17) is 4.42 Å². The fourth-order valence-corrected chi connectivity index (χ4v) is 3.42. The van der Waals surface area contributed by atoms with Gasteiger partial charge in [-0.15, -0.1) is 0 Å². The van der Waals surface area contributed by atoms with Crippen molar-refractivity contribution in [2.24, 2.45) is 0 Å². The Morgan fingerprint density at radius 2 is 1.84 bits per heavy atom. The highest BCUT2D eigenvalue weighted by molar-refractivity contribution is 9.10. The third-order valence-electron chi connectivity index (χ3n) is 3.65. The molecule has 0 saturated carbocycles. The van der Waals surface area contributed by atoms with E-state index < -0.39 is 11.2 Å². The first-order valence-electron chi connectivity index (χ1n) is 7.80. The highest BCUT2D eigenvalue weighted by Crippen LogP contribution is 2.37. The van der Waals surface area contributed by atoms with Crippen LogP contribution in [-0.2, 0) is 4.79 Å². The number of carboxylic acid groups (broad SMARTS) is 1. The number of rotatable bonds is 6. The van der Waals surface area contributed by atoms with Gasteiger partial charge in [-0.1, -0.05) is 77.1 Å². The minimum atomic E-state index is -0.864. The van der Waals surface area contributed by atoms with Gasteiger partial charge in [-0.05, 0) is 18.6 Å². The molecular formula is C19H16BrNO3S. The van der Waals surface area contributed by atoms with E-state index in [0.717, 1.165) is 27.4 Å². The third-order valence-corrected chi connectivity index (χ3v) is 5.37. The SMILES string of the molecule is CCC(Sc1nc(-c2ccccc2)c(-c2ccc(Br)cc2)o1)C(=O)O. The van der Waals surface area contributed by atoms with Crippen LogP contribution in [0.3, 0.4) is 0 Å². The van der Waals surface area contributed by atoms with E-state index in [2.05, 4.69) is 20.9 Å². The molecule has 25 heavy (non-hydrogen) atoms. The summed E-state index contributed by atoms with van der Waals surface area (Å²) >= 11 is 4.57. The standard InChI is InChI=1S/C19H16BrNO3S/c1-2-15(18(22)23)25-19-21-16(12-6-4-3-5-7-12)17(24-19)13-8-10-14(20)11-9-13/h3-11,15H,2H2,1H3,(H,22,23). The lowest BCUT2D eigenvalue weighted by molar-refractivity contribution is -0.136. The van der Waals surface area contributed by atoms with Crippen LogP contribution in [0, 0.1) is 0 Å². The van der Waals surface area contributed by atoms with Gasteiger partial charge in [0.15, 0.2) is 5.76 Å². The summed E-state index contributed by atoms with van der Waals surface area (Å²) in [6.07, 6.45) is 0.497. The molecule has 3 rings (SSSR count). The van der Waals surface area contributed by atoms with Crippen molar-refractivity contribution in [2.45, 2.75) is 23.8 Å². The van der Waals surface area contributed by atoms with E-state index in [1.807, 2.05) is 61.5 Å². The molecule has 0 bridgehead atoms. The number of hydrogen-bond acceptors (Lipinski definition) is 4. The second kappa shape index (κ2) is 7.89. The first-order valence-corrected chi connectivity index (χ1v) is 9.47. The van der Waals surface area contributed by atoms with Gasteiger partial charge in [-0.25, -0.2) is 4.98 Å². The third kappa shape index (κ3) is 4.14. The van der Waals surface area contributed by atoms with Gasteiger partial charge in [0.1, 0.15) is 10.9 Å². The van der Waals surface area contributed by atoms with Crippen molar-refractivity contribution in [3.63, 3.8) is 0 Å². The van der Waals surface area contributed by atoms with E-state index in [1.165, 1.54) is 0 Å². The van der Waals surface area contributed by atoms with Crippen LogP contribution in [0.5, 0.6) is 0 Å². The Hall–Kier alpha value is -2.05. The zero-order valence-electron chi connectivity index (χ0n) is 13.5. The van der Waals surface area contributed by atoms with Crippen LogP contribution < -0.4 is 0 Å². The number of carboxylic acids is 1. The number of aliphatic carboxylic acids is 1. The summed E-state index contributed by atoms with van der Waals surface area (Å²) in [5.74, 6) is -0.224. The van der Waals surface area contributed by atoms with Crippen LogP contribution in [0.2, 0.25) is 0 Å². The molecule has 1 N–H and O–H groups in total. The lowest BCUT2D eigenvalue weighted by Crippen LogP contribution is -2.14. The van der Waals surface area contributed by atoms with Crippen LogP contribution in [0.4, 0.5) is 0 Å². The Kier molecular flexibility index (Phi) is 5.60. The Balaban J connectivity index is 2.05. The first kappa shape index (κ1) is 17.8. The number of benzene rings is 2. The molecule has 0 radical (unpaired) electrons. The van der Waals surface area contributed by atoms with E-state index >= 15 is 0 Å². The molecule has 3 aromatic rings. The van der Waals surface area contributed by atoms with Crippen LogP contribution in [0.25, 0.3) is 22.6 Å². The van der Waals surface area contributed by atoms with Crippen molar-refractivity contribution in [2.75, 3.05) is 0 Å². The van der Waals surface area contributed by atoms with Crippen molar-refractivity contribution >= 4 is 33.7 Å². The van der Waals surface area contributed by atoms with Crippen molar-refractivity contribution in [3.8, 4) is 22.6 Å². The summed E-state index contributed by atoms with van der Waals surface area (Å²) in [6, 6.07) is 17.5. The molecule has 0 fully saturated rings. The van der Waals surface area contributed by atoms with Gasteiger partial charge in [0.05, 0.1) is 0 Å². The Morgan fingerprint density at radius 1 is 1.16 bits per heavy atom. The molecule has 1 atom stereocenters. The maximum atomic E-state index is 11.3. The largest absolute Gasteiger partial charge is 0.480 e. The Morgan fingerprint density at radius 3 is 2.44 bits per heavy atom. The van der Waals surface area contributed by atoms with E-state index in [0.29, 0.717) is 23.1 Å². The number of carbonyl (C=O) groups is 1. The molecule has 0 aliphatic carbocycles. The van der Waals surface area contributed by atoms with Gasteiger partial charge in [0.25, 0.3) is 5.22 Å². The summed E-state index contributed by atoms with van der Waals surface area (Å²) in [5.41, 5.74) is 2.54. The summed E-state index contributed by atoms with van der Waals surface area (Å²) in [7, 11) is 0. The van der Waals surface area contributed by atoms with Gasteiger partial charge >= 0.3 is 5.97 Å². The molecule has 1 heterocycles. The molecule has 0 aliphatic rings. The number of thioether (sulfide) groups is 1. The molecule has 6 heteroatoms. The second-order valence-electron chi connectivity index (χ2n) is 5.38. The van der Waals surface area contributed by atoms with Crippen molar-refractivity contribution in [1.82, 2.24) is 4.98 Å². The predicted octanol–water partition coefficient (Wildman–Crippen LogP) is 5.73. The summed E-state index contributed by atoms with van der Waals surface area (Å²) < 4.78 is 6.93. The maximum absolute atomic E-state index is 11.3. The van der Waals surface area contributed by atoms with Gasteiger partial charge in [0, 0.05) is 15.6 Å². The average Bonchev–Trinajstić information content (AvgIpc) is 3.05. The van der Waals surface area contributed by atoms with Crippen molar-refractivity contribution in [1.29, 1.82) is 0 Å². The van der Waals surface area contributed by atoms with Gasteiger partial charge in [0.2, 0.25) is 0 Å². The minimum Gasteiger partial charge on any atom is -0.480 e. The van der Waals surface area contributed by atoms with Gasteiger partial charge in [-0.3, -0.25) is 4.79 Å². The molecule has 0 spiro atoms. The van der Waals surface area contributed by atoms with Crippen LogP contribution in [-0.4, -0.2) is 21.3 Å². The molecule has 0 amide bonds. The number of nitrogens with zero attached hydrogens (tertiary/aromatic N) is 1. The maximum Gasteiger partial charge on any atom is 0.317 e. The zero-order valence-corrected chi connectivity index (χ0v) is 15.9. The van der Waals surface area contributed by atoms with E-state index in [9.17, 15) is 9.90 Å². The molecule has 128 valence electrons. The number of halogens is 1. The lowest BCUT2D eigenvalue weighted by Gasteiger charge is -2.04. The molecular weight excluding hydrogens is 402 g/mol. The van der Waals surface area contributed by atoms with E-state index in [-0.39, 0.29) is 0 Å². The molecule has 4 nitrogen and oxygen atoms in total. The van der Waals surface area contributed by atoms with Crippen LogP contribution in [0.15, 0.2) is 68.7 Å². The minimum absolute atomic E-state index is 0.367. The Labute approximate surface area is 158 Å². The highest BCUT2D eigenvalue weighted by atomic mass is 79.9. The summed E-state index contributed by atoms with van der Waals surface area (Å²) in [4.78, 5) is 15.9. The number of aromatic nitrogens is 1. The van der Waals surface area contributed by atoms with Crippen LogP contribution in [0.1, 0.15) is 13.3 Å². The summed E-state index contributed by atoms with van der Waals surface area (Å²) in [5, 5.41) is 9.06. The molecule has 2 aromatic carbocycles. The topological polar surface area (TPSA) is 63.3 Å². The molecule has 0 aliphatic heterocycles. The fraction of sp³-hybridized carbons (Fsp3) is 0.158. The normalized spacial score (nSPS) is 12.1. The number of oxazole rings is 1. The quantitative estimate of drug-likeness (QED) is 0.519. The Bertz CT molecular complexity index is 862. The van der Waals surface area contributed by atoms with Crippen LogP contribution >= 0.6 is 27.7 Å². The zero-order chi connectivity index (χ0) is 17.8. The summed E-state index contributed by atoms with van der Waals surface area (Å²) in [6.45, 7) is 1.84. The lowest BCUT2D eigenvalue weighted by atomic mass is 10.1. The monoisotopic (exact) mass is 417 g/mol. The molecule has 1 aromatic heterocycles. The predicted molar refractivity (Wildman–Crippen MR) is 103 cm³/mol. The van der Waals surface area contributed by atoms with Gasteiger partial charge in [-0.2, -0.15) is 0 Å². The average molecular weight is 418 g/mol. The van der Waals surface area contributed by atoms with Crippen molar-refractivity contribution in [3.05, 3.63) is 59.1 Å². The fourth-order valence-electron chi connectivity index (χ4n) is 2.37. The molecule has 1 unspecified atom stereocenters. The highest BCUT2D eigenvalue weighted by Gasteiger charge is 2.23. The molecule has 0 saturated heterocycles.